The number of nitrogens with zero attached hydrogens (tertiary/aromatic N) is 9. The average molecular weight is 1980 g/mol. The molecule has 12 heteroatoms. The lowest BCUT2D eigenvalue weighted by Gasteiger charge is -2.55. The molecule has 10 aliphatic rings. The van der Waals surface area contributed by atoms with Crippen LogP contribution in [0.4, 0.5) is 0 Å². The Labute approximate surface area is 871 Å². The Morgan fingerprint density at radius 3 is 1.00 bits per heavy atom. The summed E-state index contributed by atoms with van der Waals surface area (Å²) in [4.78, 5) is 0. The molecule has 4 saturated carbocycles. The van der Waals surface area contributed by atoms with E-state index in [-0.39, 0.29) is 27.3 Å². The fraction of sp³-hybridized carbons (Fsp3) is 0.500. The first-order chi connectivity index (χ1) is 68.4. The van der Waals surface area contributed by atoms with Crippen molar-refractivity contribution in [3.63, 3.8) is 0 Å². The van der Waals surface area contributed by atoms with Crippen molar-refractivity contribution < 1.29 is 13.8 Å². The molecular formula is C132H178N9Si3+3. The summed E-state index contributed by atoms with van der Waals surface area (Å²) in [5.41, 5.74) is 33.1. The molecule has 4 fully saturated rings. The smallest absolute Gasteiger partial charge is 0.191 e. The Bertz CT molecular complexity index is 6870. The molecule has 0 N–H and O–H groups in total. The number of rotatable bonds is 25. The highest BCUT2D eigenvalue weighted by molar-refractivity contribution is 6.77. The maximum Gasteiger partial charge on any atom is 0.191 e. The van der Waals surface area contributed by atoms with Crippen molar-refractivity contribution >= 4 is 107 Å². The van der Waals surface area contributed by atoms with Crippen molar-refractivity contribution in [2.24, 2.45) is 41.4 Å². The first kappa shape index (κ1) is 102. The van der Waals surface area contributed by atoms with Gasteiger partial charge in [0.1, 0.15) is 0 Å². The Morgan fingerprint density at radius 1 is 0.340 bits per heavy atom. The highest BCUT2D eigenvalue weighted by atomic mass is 28.3. The SMILES string of the molecule is CC1(C)C2=CC3C(C=C2c2ccc(-n4c5ccccc5c5ccccc54)cc21)CCC3[Si](C)(C)N(C1CCCCC1)[N+](C)(C)C.CCCCC1(CCCC)C2=CC3C(C=C2c2ccc(-n4c5ccccc5c5ccccc54)cc21)CC(C)C3[Si](C)(C)N(C(C)(C)C)[N+](C)(C)C.CCCCC1(CCCC)C2=CC3C(C=C2c2ccc(-n4c5ccccc5c5ccccc54)cc21)CCC3[Si](C)(C)N(C(C)(C)C)[N+](C)(C)C. The number of unbranched alkanes of at least 4 members (excludes halogenated alkanes) is 4. The Balaban J connectivity index is 0.000000132. The topological polar surface area (TPSA) is 24.5 Å². The summed E-state index contributed by atoms with van der Waals surface area (Å²) in [5, 5.41) is 8.00. The van der Waals surface area contributed by atoms with E-state index < -0.39 is 24.7 Å². The first-order valence-electron chi connectivity index (χ1n) is 57.0. The molecular weight excluding hydrogens is 1800 g/mol. The van der Waals surface area contributed by atoms with Crippen LogP contribution in [-0.4, -0.2) is 147 Å². The van der Waals surface area contributed by atoms with Gasteiger partial charge >= 0.3 is 0 Å². The van der Waals surface area contributed by atoms with Gasteiger partial charge in [-0.05, 0) is 297 Å². The number of aromatic nitrogens is 3. The fourth-order valence-corrected chi connectivity index (χ4v) is 51.7. The summed E-state index contributed by atoms with van der Waals surface area (Å²) in [6.45, 7) is 48.0. The van der Waals surface area contributed by atoms with Gasteiger partial charge < -0.3 is 13.7 Å². The molecule has 10 unspecified atom stereocenters. The maximum atomic E-state index is 3.06. The van der Waals surface area contributed by atoms with Crippen LogP contribution in [0, 0.1) is 41.4 Å². The van der Waals surface area contributed by atoms with Gasteiger partial charge in [0, 0.05) is 71.7 Å². The minimum atomic E-state index is -1.93. The Kier molecular flexibility index (Phi) is 27.1. The van der Waals surface area contributed by atoms with Crippen LogP contribution >= 0.6 is 0 Å². The van der Waals surface area contributed by atoms with E-state index in [1.807, 2.05) is 0 Å². The second-order valence-electron chi connectivity index (χ2n) is 53.2. The summed E-state index contributed by atoms with van der Waals surface area (Å²) in [6, 6.07) is 76.9. The number of hydrogen-bond acceptors (Lipinski definition) is 3. The zero-order valence-corrected chi connectivity index (χ0v) is 96.9. The van der Waals surface area contributed by atoms with Crippen molar-refractivity contribution in [3.8, 4) is 17.1 Å². The molecule has 0 spiro atoms. The minimum Gasteiger partial charge on any atom is -0.309 e. The lowest BCUT2D eigenvalue weighted by atomic mass is 9.68. The molecule has 10 aliphatic carbocycles. The predicted octanol–water partition coefficient (Wildman–Crippen LogP) is 34.6. The predicted molar refractivity (Wildman–Crippen MR) is 628 cm³/mol. The van der Waals surface area contributed by atoms with Crippen molar-refractivity contribution in [1.29, 1.82) is 0 Å². The van der Waals surface area contributed by atoms with E-state index in [4.69, 9.17) is 0 Å². The maximum absolute atomic E-state index is 3.06. The first-order valence-corrected chi connectivity index (χ1v) is 66.0. The molecule has 10 atom stereocenters. The summed E-state index contributed by atoms with van der Waals surface area (Å²) in [7, 11) is 16.1. The summed E-state index contributed by atoms with van der Waals surface area (Å²) in [6.07, 6.45) is 45.6. The number of quaternary nitrogens is 3. The van der Waals surface area contributed by atoms with Crippen LogP contribution in [0.25, 0.3) is 99.2 Å². The summed E-state index contributed by atoms with van der Waals surface area (Å²) >= 11 is 0. The lowest BCUT2D eigenvalue weighted by Crippen LogP contribution is -2.72. The second kappa shape index (κ2) is 38.1. The van der Waals surface area contributed by atoms with E-state index in [0.29, 0.717) is 47.0 Å². The van der Waals surface area contributed by atoms with E-state index in [2.05, 4.69) is 457 Å². The minimum absolute atomic E-state index is 0.0110. The molecule has 0 aliphatic heterocycles. The molecule has 9 aromatic carbocycles. The van der Waals surface area contributed by atoms with Crippen molar-refractivity contribution in [3.05, 3.63) is 287 Å². The third kappa shape index (κ3) is 17.2. The largest absolute Gasteiger partial charge is 0.309 e. The van der Waals surface area contributed by atoms with Crippen molar-refractivity contribution in [1.82, 2.24) is 27.7 Å². The average Bonchev–Trinajstić information content (AvgIpc) is 1.52. The van der Waals surface area contributed by atoms with E-state index in [9.17, 15) is 0 Å². The number of allylic oxidation sites excluding steroid dienone is 12. The standard InChI is InChI=1S/C46H64N3Si.C45H62N3Si.C41H52N3Si/c1-12-14-26-46(27-15-13-2)40-30-34(47-42-22-18-16-20-36(42)37-21-17-19-23-43(37)47)24-25-35(40)39-29-33-28-32(3)44(38(33)31-41(39)46)50(10,11)48(45(4,5)6)49(7,8)9;1-11-13-27-45(28-14-12-2)39-30-33(46-41-21-17-15-19-35(41)36-20-16-18-22-42(36)46)24-25-34(39)38-29-32-23-26-43(37(32)31-40(38)45)49(9,10)47(44(3,4)5)48(6,7)8;1-41(2)36-26-30(42-38-19-13-11-17-32(38)33-18-12-14-20-39(33)42)22-23-31(36)35-25-28-21-24-40(34(28)27-37(35)41)45(6,7)43(44(3,4)5)29-15-9-8-10-16-29/h16-25,29-33,38,44H,12-15,26-28H2,1-11H3;15-22,24-25,29-32,37,43H,11-14,23,26-28H2,1-10H3;11-14,17-20,22-23,25-29,34,40H,8-10,15-16,21,24H2,1-7H3/q3*+1. The van der Waals surface area contributed by atoms with Gasteiger partial charge in [-0.1, -0.05) is 335 Å². The van der Waals surface area contributed by atoms with Gasteiger partial charge in [0.05, 0.1) is 108 Å². The molecule has 9 nitrogen and oxygen atoms in total. The third-order valence-corrected chi connectivity index (χ3v) is 52.2. The van der Waals surface area contributed by atoms with E-state index in [1.165, 1.54) is 252 Å². The van der Waals surface area contributed by atoms with E-state index >= 15 is 0 Å². The molecule has 12 aromatic rings. The van der Waals surface area contributed by atoms with Gasteiger partial charge in [-0.25, -0.2) is 0 Å². The molecule has 0 radical (unpaired) electrons. The number of para-hydroxylation sites is 6. The third-order valence-electron chi connectivity index (χ3n) is 37.8. The van der Waals surface area contributed by atoms with Gasteiger partial charge in [-0.2, -0.15) is 14.0 Å². The molecule has 760 valence electrons. The quantitative estimate of drug-likeness (QED) is 0.0324. The van der Waals surface area contributed by atoms with E-state index in [1.54, 1.807) is 39.0 Å². The molecule has 3 aromatic heterocycles. The van der Waals surface area contributed by atoms with Gasteiger partial charge in [0.2, 0.25) is 0 Å². The molecule has 0 saturated heterocycles. The highest BCUT2D eigenvalue weighted by Gasteiger charge is 2.62. The van der Waals surface area contributed by atoms with Crippen LogP contribution < -0.4 is 0 Å². The number of benzene rings is 9. The van der Waals surface area contributed by atoms with Crippen LogP contribution in [0.5, 0.6) is 0 Å². The zero-order chi connectivity index (χ0) is 102. The summed E-state index contributed by atoms with van der Waals surface area (Å²) in [5.74, 6) is 4.54. The van der Waals surface area contributed by atoms with Crippen LogP contribution in [-0.2, 0) is 16.2 Å². The van der Waals surface area contributed by atoms with Crippen LogP contribution in [0.2, 0.25) is 55.9 Å². The van der Waals surface area contributed by atoms with Crippen LogP contribution in [0.1, 0.15) is 265 Å². The monoisotopic (exact) mass is 1970 g/mol. The van der Waals surface area contributed by atoms with Crippen LogP contribution in [0.3, 0.4) is 0 Å². The molecule has 3 heterocycles. The van der Waals surface area contributed by atoms with Gasteiger partial charge in [0.25, 0.3) is 0 Å². The van der Waals surface area contributed by atoms with Crippen molar-refractivity contribution in [2.75, 3.05) is 63.4 Å². The fourth-order valence-electron chi connectivity index (χ4n) is 34.3. The normalized spacial score (nSPS) is 23.4. The molecule has 0 amide bonds. The van der Waals surface area contributed by atoms with Gasteiger partial charge in [-0.3, -0.25) is 13.8 Å². The van der Waals surface area contributed by atoms with Crippen molar-refractivity contribution in [2.45, 2.75) is 321 Å². The number of hydrogen-bond donors (Lipinski definition) is 0. The zero-order valence-electron chi connectivity index (χ0n) is 93.9. The van der Waals surface area contributed by atoms with Gasteiger partial charge in [-0.15, -0.1) is 0 Å². The second-order valence-corrected chi connectivity index (χ2v) is 66.6. The number of fused-ring (bicyclic) bond motifs is 21. The van der Waals surface area contributed by atoms with Crippen LogP contribution in [0.15, 0.2) is 253 Å². The van der Waals surface area contributed by atoms with Gasteiger partial charge in [0.15, 0.2) is 24.7 Å². The molecule has 0 bridgehead atoms. The molecule has 22 rings (SSSR count). The Morgan fingerprint density at radius 2 is 0.653 bits per heavy atom. The lowest BCUT2D eigenvalue weighted by molar-refractivity contribution is -0.978. The highest BCUT2D eigenvalue weighted by Crippen LogP contribution is 2.67. The summed E-state index contributed by atoms with van der Waals surface area (Å²) < 4.78 is 19.3. The van der Waals surface area contributed by atoms with E-state index in [0.717, 1.165) is 30.9 Å². The Hall–Kier alpha value is -8.77. The molecule has 144 heavy (non-hydrogen) atoms.